The highest BCUT2D eigenvalue weighted by molar-refractivity contribution is 7.02. The van der Waals surface area contributed by atoms with Crippen molar-refractivity contribution in [1.29, 1.82) is 0 Å². The Labute approximate surface area is 287 Å². The van der Waals surface area contributed by atoms with Crippen molar-refractivity contribution in [1.82, 2.24) is 0 Å². The van der Waals surface area contributed by atoms with E-state index in [0.29, 0.717) is 0 Å². The van der Waals surface area contributed by atoms with Gasteiger partial charge in [-0.05, 0) is 101 Å². The predicted octanol–water partition coefficient (Wildman–Crippen LogP) is 7.62. The van der Waals surface area contributed by atoms with Gasteiger partial charge in [0, 0.05) is 51.1 Å². The standard InChI is InChI=1S/C44H31B2N3/c1-28-21-23-39-35(25-28)45-36-26-29(2)22-24-40(36)48-38-20-12-10-18-34(38)46-42-33(27-41(43(45)44(42)48)47(39)30-13-5-3-6-14-30)32-17-9-11-19-37(32)49(46)31-15-7-4-8-16-31/h3-27H,1-2H3. The molecule has 0 spiro atoms. The first-order chi connectivity index (χ1) is 24.2. The Hall–Kier alpha value is -5.93. The molecular formula is C44H31B2N3. The maximum atomic E-state index is 2.61. The lowest BCUT2D eigenvalue weighted by Crippen LogP contribution is -2.68. The van der Waals surface area contributed by atoms with Crippen molar-refractivity contribution in [2.45, 2.75) is 13.8 Å². The first kappa shape index (κ1) is 27.1. The summed E-state index contributed by atoms with van der Waals surface area (Å²) in [5.74, 6) is 0. The van der Waals surface area contributed by atoms with Crippen LogP contribution in [0.3, 0.4) is 0 Å². The van der Waals surface area contributed by atoms with Gasteiger partial charge in [0.25, 0.3) is 6.71 Å². The van der Waals surface area contributed by atoms with Crippen LogP contribution in [0.2, 0.25) is 0 Å². The molecule has 0 saturated heterocycles. The molecule has 0 bridgehead atoms. The molecule has 0 aromatic heterocycles. The molecule has 11 rings (SSSR count). The van der Waals surface area contributed by atoms with E-state index >= 15 is 0 Å². The first-order valence-corrected chi connectivity index (χ1v) is 17.3. The minimum absolute atomic E-state index is 0.0109. The number of rotatable bonds is 2. The summed E-state index contributed by atoms with van der Waals surface area (Å²) in [6.45, 7) is 4.57. The molecule has 0 fully saturated rings. The van der Waals surface area contributed by atoms with Gasteiger partial charge in [-0.15, -0.1) is 0 Å². The summed E-state index contributed by atoms with van der Waals surface area (Å²) in [4.78, 5) is 7.72. The highest BCUT2D eigenvalue weighted by Gasteiger charge is 2.52. The molecule has 0 unspecified atom stereocenters. The fraction of sp³-hybridized carbons (Fsp3) is 0.0455. The Morgan fingerprint density at radius 1 is 0.408 bits per heavy atom. The lowest BCUT2D eigenvalue weighted by Gasteiger charge is -2.51. The number of nitrogens with zero attached hydrogens (tertiary/aromatic N) is 3. The molecule has 49 heavy (non-hydrogen) atoms. The number of anilines is 8. The van der Waals surface area contributed by atoms with Crippen molar-refractivity contribution >= 4 is 86.4 Å². The van der Waals surface area contributed by atoms with Gasteiger partial charge in [-0.25, -0.2) is 0 Å². The quantitative estimate of drug-likeness (QED) is 0.184. The van der Waals surface area contributed by atoms with Crippen LogP contribution in [0.25, 0.3) is 11.1 Å². The molecule has 4 aliphatic heterocycles. The highest BCUT2D eigenvalue weighted by atomic mass is 15.2. The summed E-state index contributed by atoms with van der Waals surface area (Å²) in [5, 5.41) is 0. The van der Waals surface area contributed by atoms with Crippen LogP contribution < -0.4 is 41.9 Å². The summed E-state index contributed by atoms with van der Waals surface area (Å²) in [6.07, 6.45) is 0. The summed E-state index contributed by atoms with van der Waals surface area (Å²) in [6, 6.07) is 56.7. The van der Waals surface area contributed by atoms with Crippen molar-refractivity contribution in [2.75, 3.05) is 14.6 Å². The van der Waals surface area contributed by atoms with Crippen molar-refractivity contribution in [3.05, 3.63) is 163 Å². The Balaban J connectivity index is 1.34. The molecule has 7 aromatic rings. The second kappa shape index (κ2) is 9.81. The number of aryl methyl sites for hydroxylation is 2. The Morgan fingerprint density at radius 2 is 0.980 bits per heavy atom. The van der Waals surface area contributed by atoms with E-state index in [1.165, 1.54) is 95.1 Å². The molecule has 4 heterocycles. The topological polar surface area (TPSA) is 9.72 Å². The van der Waals surface area contributed by atoms with Crippen molar-refractivity contribution in [3.8, 4) is 11.1 Å². The largest absolute Gasteiger partial charge is 0.376 e. The molecule has 3 nitrogen and oxygen atoms in total. The van der Waals surface area contributed by atoms with E-state index < -0.39 is 0 Å². The van der Waals surface area contributed by atoms with Gasteiger partial charge < -0.3 is 14.6 Å². The van der Waals surface area contributed by atoms with Gasteiger partial charge in [-0.1, -0.05) is 108 Å². The van der Waals surface area contributed by atoms with Crippen molar-refractivity contribution in [2.24, 2.45) is 0 Å². The number of hydrogen-bond acceptors (Lipinski definition) is 3. The molecule has 5 heteroatoms. The minimum atomic E-state index is 0.0109. The fourth-order valence-corrected chi connectivity index (χ4v) is 9.22. The smallest absolute Gasteiger partial charge is 0.333 e. The lowest BCUT2D eigenvalue weighted by molar-refractivity contribution is 1.24. The van der Waals surface area contributed by atoms with Crippen LogP contribution in [0.1, 0.15) is 11.1 Å². The maximum absolute atomic E-state index is 2.61. The van der Waals surface area contributed by atoms with E-state index in [2.05, 4.69) is 180 Å². The monoisotopic (exact) mass is 623 g/mol. The molecule has 0 radical (unpaired) electrons. The van der Waals surface area contributed by atoms with E-state index in [0.717, 1.165) is 0 Å². The number of para-hydroxylation sites is 4. The van der Waals surface area contributed by atoms with Crippen LogP contribution >= 0.6 is 0 Å². The molecule has 0 N–H and O–H groups in total. The van der Waals surface area contributed by atoms with E-state index in [9.17, 15) is 0 Å². The van der Waals surface area contributed by atoms with Gasteiger partial charge in [-0.2, -0.15) is 0 Å². The minimum Gasteiger partial charge on any atom is -0.376 e. The maximum Gasteiger partial charge on any atom is 0.333 e. The Morgan fingerprint density at radius 3 is 1.69 bits per heavy atom. The third-order valence-electron chi connectivity index (χ3n) is 11.1. The highest BCUT2D eigenvalue weighted by Crippen LogP contribution is 2.50. The van der Waals surface area contributed by atoms with Gasteiger partial charge in [0.1, 0.15) is 0 Å². The van der Waals surface area contributed by atoms with E-state index in [4.69, 9.17) is 0 Å². The molecule has 0 saturated carbocycles. The zero-order chi connectivity index (χ0) is 32.4. The summed E-state index contributed by atoms with van der Waals surface area (Å²) in [5.41, 5.74) is 22.0. The molecule has 0 amide bonds. The van der Waals surface area contributed by atoms with Crippen LogP contribution in [0.15, 0.2) is 152 Å². The van der Waals surface area contributed by atoms with Crippen LogP contribution in [0.5, 0.6) is 0 Å². The number of hydrogen-bond donors (Lipinski definition) is 0. The molecule has 0 aliphatic carbocycles. The zero-order valence-corrected chi connectivity index (χ0v) is 27.4. The van der Waals surface area contributed by atoms with Crippen molar-refractivity contribution in [3.63, 3.8) is 0 Å². The summed E-state index contributed by atoms with van der Waals surface area (Å²) >= 11 is 0. The second-order valence-corrected chi connectivity index (χ2v) is 13.9. The van der Waals surface area contributed by atoms with Crippen molar-refractivity contribution < 1.29 is 0 Å². The Kier molecular flexibility index (Phi) is 5.42. The third-order valence-corrected chi connectivity index (χ3v) is 11.1. The van der Waals surface area contributed by atoms with Crippen LogP contribution in [-0.2, 0) is 0 Å². The molecule has 228 valence electrons. The summed E-state index contributed by atoms with van der Waals surface area (Å²) in [7, 11) is 0. The number of benzene rings is 7. The van der Waals surface area contributed by atoms with Gasteiger partial charge in [-0.3, -0.25) is 0 Å². The van der Waals surface area contributed by atoms with Crippen LogP contribution in [0, 0.1) is 13.8 Å². The molecule has 4 aliphatic rings. The van der Waals surface area contributed by atoms with Gasteiger partial charge in [0.15, 0.2) is 0 Å². The second-order valence-electron chi connectivity index (χ2n) is 13.9. The van der Waals surface area contributed by atoms with E-state index in [-0.39, 0.29) is 13.6 Å². The SMILES string of the molecule is Cc1ccc2c(c1)B1c3cc(C)ccc3N3c4ccccc4B4c5c(cc(c1c53)N2c1ccccc1)-c1ccccc1N4c1ccccc1. The average molecular weight is 623 g/mol. The molecule has 0 atom stereocenters. The normalized spacial score (nSPS) is 14.1. The van der Waals surface area contributed by atoms with Crippen LogP contribution in [0.4, 0.5) is 45.5 Å². The van der Waals surface area contributed by atoms with Gasteiger partial charge >= 0.3 is 6.85 Å². The van der Waals surface area contributed by atoms with Crippen LogP contribution in [-0.4, -0.2) is 13.6 Å². The predicted molar refractivity (Wildman–Crippen MR) is 209 cm³/mol. The van der Waals surface area contributed by atoms with Gasteiger partial charge in [0.05, 0.1) is 0 Å². The average Bonchev–Trinajstić information content (AvgIpc) is 3.15. The van der Waals surface area contributed by atoms with Gasteiger partial charge in [0.2, 0.25) is 0 Å². The zero-order valence-electron chi connectivity index (χ0n) is 27.4. The molecular weight excluding hydrogens is 592 g/mol. The summed E-state index contributed by atoms with van der Waals surface area (Å²) < 4.78 is 0. The molecule has 7 aromatic carbocycles. The fourth-order valence-electron chi connectivity index (χ4n) is 9.22. The van der Waals surface area contributed by atoms with E-state index in [1.54, 1.807) is 0 Å². The third kappa shape index (κ3) is 3.54. The Bertz CT molecular complexity index is 2500. The van der Waals surface area contributed by atoms with E-state index in [1.807, 2.05) is 0 Å². The lowest BCUT2D eigenvalue weighted by atomic mass is 9.31. The number of fused-ring (bicyclic) bond motifs is 10. The first-order valence-electron chi connectivity index (χ1n) is 17.3.